The molecule has 2 heteroatoms. The maximum Gasteiger partial charge on any atom is 0.136 e. The van der Waals surface area contributed by atoms with Crippen LogP contribution in [-0.4, -0.2) is 0 Å². The second-order valence-electron chi connectivity index (χ2n) is 14.4. The molecule has 0 spiro atoms. The van der Waals surface area contributed by atoms with E-state index in [1.807, 2.05) is 6.07 Å². The van der Waals surface area contributed by atoms with E-state index in [9.17, 15) is 0 Å². The van der Waals surface area contributed by atoms with Gasteiger partial charge in [0.15, 0.2) is 0 Å². The van der Waals surface area contributed by atoms with E-state index in [-0.39, 0.29) is 0 Å². The van der Waals surface area contributed by atoms with Gasteiger partial charge >= 0.3 is 0 Å². The number of fused-ring (bicyclic) bond motifs is 10. The van der Waals surface area contributed by atoms with Gasteiger partial charge in [0.2, 0.25) is 0 Å². The van der Waals surface area contributed by atoms with Gasteiger partial charge in [-0.15, -0.1) is 0 Å². The summed E-state index contributed by atoms with van der Waals surface area (Å²) >= 11 is 0. The van der Waals surface area contributed by atoms with E-state index in [0.29, 0.717) is 0 Å². The molecular weight excluding hydrogens is 679 g/mol. The summed E-state index contributed by atoms with van der Waals surface area (Å²) in [5.41, 5.74) is 12.2. The molecular formula is C54H35NO. The molecule has 0 bridgehead atoms. The Morgan fingerprint density at radius 3 is 1.54 bits per heavy atom. The molecule has 11 rings (SSSR count). The molecule has 0 saturated carbocycles. The van der Waals surface area contributed by atoms with Crippen LogP contribution < -0.4 is 4.90 Å². The van der Waals surface area contributed by atoms with Gasteiger partial charge in [-0.05, 0) is 97.7 Å². The van der Waals surface area contributed by atoms with E-state index in [1.54, 1.807) is 0 Å². The minimum atomic E-state index is 0.912. The van der Waals surface area contributed by atoms with Gasteiger partial charge in [0.05, 0.1) is 11.4 Å². The van der Waals surface area contributed by atoms with Crippen LogP contribution in [0.5, 0.6) is 0 Å². The summed E-state index contributed by atoms with van der Waals surface area (Å²) in [7, 11) is 0. The van der Waals surface area contributed by atoms with Crippen LogP contribution in [0.25, 0.3) is 87.6 Å². The van der Waals surface area contributed by atoms with Gasteiger partial charge < -0.3 is 9.32 Å². The normalized spacial score (nSPS) is 11.6. The Morgan fingerprint density at radius 2 is 0.786 bits per heavy atom. The first-order valence-corrected chi connectivity index (χ1v) is 19.2. The average Bonchev–Trinajstić information content (AvgIpc) is 3.66. The minimum absolute atomic E-state index is 0.912. The third-order valence-electron chi connectivity index (χ3n) is 11.3. The third-order valence-corrected chi connectivity index (χ3v) is 11.3. The fraction of sp³-hybridized carbons (Fsp3) is 0. The zero-order chi connectivity index (χ0) is 37.0. The van der Waals surface area contributed by atoms with Crippen molar-refractivity contribution in [2.45, 2.75) is 0 Å². The highest BCUT2D eigenvalue weighted by Crippen LogP contribution is 2.47. The molecule has 0 aliphatic heterocycles. The van der Waals surface area contributed by atoms with E-state index < -0.39 is 0 Å². The first kappa shape index (κ1) is 32.0. The van der Waals surface area contributed by atoms with E-state index in [0.717, 1.165) is 50.3 Å². The Hall–Kier alpha value is -7.42. The van der Waals surface area contributed by atoms with Crippen LogP contribution in [0.4, 0.5) is 17.1 Å². The minimum Gasteiger partial charge on any atom is -0.456 e. The van der Waals surface area contributed by atoms with Crippen molar-refractivity contribution in [2.75, 3.05) is 4.90 Å². The summed E-state index contributed by atoms with van der Waals surface area (Å²) in [5, 5.41) is 9.72. The van der Waals surface area contributed by atoms with Gasteiger partial charge in [-0.25, -0.2) is 0 Å². The van der Waals surface area contributed by atoms with Crippen LogP contribution >= 0.6 is 0 Å². The van der Waals surface area contributed by atoms with Crippen LogP contribution in [0.2, 0.25) is 0 Å². The van der Waals surface area contributed by atoms with Crippen molar-refractivity contribution < 1.29 is 4.42 Å². The number of furan rings is 1. The molecule has 0 aliphatic rings. The molecule has 0 atom stereocenters. The lowest BCUT2D eigenvalue weighted by molar-refractivity contribution is 0.669. The van der Waals surface area contributed by atoms with Crippen molar-refractivity contribution in [1.82, 2.24) is 0 Å². The second-order valence-corrected chi connectivity index (χ2v) is 14.4. The lowest BCUT2D eigenvalue weighted by Gasteiger charge is -2.30. The van der Waals surface area contributed by atoms with Gasteiger partial charge in [-0.3, -0.25) is 0 Å². The summed E-state index contributed by atoms with van der Waals surface area (Å²) in [6.07, 6.45) is 0. The first-order valence-electron chi connectivity index (χ1n) is 19.2. The Balaban J connectivity index is 1.12. The van der Waals surface area contributed by atoms with E-state index in [4.69, 9.17) is 4.42 Å². The predicted octanol–water partition coefficient (Wildman–Crippen LogP) is 15.5. The van der Waals surface area contributed by atoms with Crippen LogP contribution in [0, 0.1) is 0 Å². The maximum atomic E-state index is 6.40. The molecule has 262 valence electrons. The second kappa shape index (κ2) is 13.2. The maximum absolute atomic E-state index is 6.40. The number of rotatable bonds is 6. The van der Waals surface area contributed by atoms with Gasteiger partial charge in [0, 0.05) is 33.0 Å². The average molecular weight is 714 g/mol. The molecule has 0 radical (unpaired) electrons. The number of benzene rings is 10. The quantitative estimate of drug-likeness (QED) is 0.160. The zero-order valence-electron chi connectivity index (χ0n) is 30.6. The van der Waals surface area contributed by atoms with Crippen LogP contribution in [-0.2, 0) is 0 Å². The lowest BCUT2D eigenvalue weighted by atomic mass is 9.89. The smallest absolute Gasteiger partial charge is 0.136 e. The molecule has 10 aromatic carbocycles. The SMILES string of the molecule is c1ccc(-c2ccc(-c3ccccc3N(c3ccccc3)c3ccccc3-c3ccc4c5ccccc5c5c(ccc6oc7ccccc7c65)c4c3)cc2)cc1. The van der Waals surface area contributed by atoms with Crippen LogP contribution in [0.15, 0.2) is 217 Å². The molecule has 56 heavy (non-hydrogen) atoms. The highest BCUT2D eigenvalue weighted by atomic mass is 16.3. The van der Waals surface area contributed by atoms with E-state index in [2.05, 4.69) is 211 Å². The van der Waals surface area contributed by atoms with Crippen molar-refractivity contribution in [3.05, 3.63) is 212 Å². The lowest BCUT2D eigenvalue weighted by Crippen LogP contribution is -2.12. The van der Waals surface area contributed by atoms with Crippen molar-refractivity contribution in [1.29, 1.82) is 0 Å². The van der Waals surface area contributed by atoms with E-state index >= 15 is 0 Å². The molecule has 0 saturated heterocycles. The molecule has 0 amide bonds. The van der Waals surface area contributed by atoms with Crippen molar-refractivity contribution in [2.24, 2.45) is 0 Å². The number of hydrogen-bond donors (Lipinski definition) is 0. The Bertz CT molecular complexity index is 3230. The Kier molecular flexibility index (Phi) is 7.53. The van der Waals surface area contributed by atoms with Crippen molar-refractivity contribution >= 4 is 71.3 Å². The topological polar surface area (TPSA) is 16.4 Å². The van der Waals surface area contributed by atoms with Gasteiger partial charge in [0.25, 0.3) is 0 Å². The monoisotopic (exact) mass is 713 g/mol. The summed E-state index contributed by atoms with van der Waals surface area (Å²) < 4.78 is 6.40. The highest BCUT2D eigenvalue weighted by Gasteiger charge is 2.21. The van der Waals surface area contributed by atoms with E-state index in [1.165, 1.54) is 54.4 Å². The number of anilines is 3. The van der Waals surface area contributed by atoms with Crippen molar-refractivity contribution in [3.63, 3.8) is 0 Å². The zero-order valence-corrected chi connectivity index (χ0v) is 30.6. The largest absolute Gasteiger partial charge is 0.456 e. The summed E-state index contributed by atoms with van der Waals surface area (Å²) in [5.74, 6) is 0. The molecule has 0 unspecified atom stereocenters. The molecule has 2 nitrogen and oxygen atoms in total. The molecule has 1 aromatic heterocycles. The summed E-state index contributed by atoms with van der Waals surface area (Å²) in [6, 6.07) is 76.4. The number of para-hydroxylation sites is 4. The van der Waals surface area contributed by atoms with Crippen LogP contribution in [0.1, 0.15) is 0 Å². The summed E-state index contributed by atoms with van der Waals surface area (Å²) in [6.45, 7) is 0. The number of hydrogen-bond acceptors (Lipinski definition) is 2. The Labute approximate surface area is 325 Å². The highest BCUT2D eigenvalue weighted by molar-refractivity contribution is 6.34. The predicted molar refractivity (Wildman–Crippen MR) is 237 cm³/mol. The molecule has 1 heterocycles. The van der Waals surface area contributed by atoms with Gasteiger partial charge in [-0.2, -0.15) is 0 Å². The number of nitrogens with zero attached hydrogens (tertiary/aromatic N) is 1. The molecule has 11 aromatic rings. The molecule has 0 aliphatic carbocycles. The first-order chi connectivity index (χ1) is 27.8. The molecule has 0 N–H and O–H groups in total. The summed E-state index contributed by atoms with van der Waals surface area (Å²) in [4.78, 5) is 2.42. The van der Waals surface area contributed by atoms with Crippen molar-refractivity contribution in [3.8, 4) is 33.4 Å². The molecule has 0 fully saturated rings. The Morgan fingerprint density at radius 1 is 0.286 bits per heavy atom. The fourth-order valence-corrected chi connectivity index (χ4v) is 8.71. The standard InChI is InChI=1S/C54H35NO/c1-3-15-36(16-4-1)37-27-29-38(30-28-37)41-19-9-12-24-49(41)55(40-17-5-2-6-18-40)50-25-13-10-20-42(50)39-31-32-44-43-21-7-8-22-45(43)53-46(48(44)35-39)33-34-52-54(53)47-23-11-14-26-51(47)56-52/h1-35H. The third kappa shape index (κ3) is 5.19. The van der Waals surface area contributed by atoms with Gasteiger partial charge in [-0.1, -0.05) is 164 Å². The van der Waals surface area contributed by atoms with Crippen LogP contribution in [0.3, 0.4) is 0 Å². The van der Waals surface area contributed by atoms with Gasteiger partial charge in [0.1, 0.15) is 11.2 Å². The fourth-order valence-electron chi connectivity index (χ4n) is 8.71.